The summed E-state index contributed by atoms with van der Waals surface area (Å²) in [4.78, 5) is 4.60. The van der Waals surface area contributed by atoms with Gasteiger partial charge in [-0.2, -0.15) is 0 Å². The number of aliphatic hydroxyl groups excluding tert-OH is 1. The van der Waals surface area contributed by atoms with Gasteiger partial charge in [-0.1, -0.05) is 23.2 Å². The third-order valence-corrected chi connectivity index (χ3v) is 4.90. The van der Waals surface area contributed by atoms with Crippen molar-refractivity contribution >= 4 is 34.5 Å². The van der Waals surface area contributed by atoms with Gasteiger partial charge in [-0.15, -0.1) is 11.3 Å². The van der Waals surface area contributed by atoms with E-state index in [1.807, 2.05) is 0 Å². The number of thiazole rings is 1. The number of aromatic nitrogens is 1. The minimum Gasteiger partial charge on any atom is -0.387 e. The molecule has 0 bridgehead atoms. The first kappa shape index (κ1) is 15.3. The Morgan fingerprint density at radius 1 is 1.29 bits per heavy atom. The minimum atomic E-state index is -0.636. The average Bonchev–Trinajstić information content (AvgIpc) is 3.18. The second-order valence-electron chi connectivity index (χ2n) is 5.30. The van der Waals surface area contributed by atoms with Gasteiger partial charge < -0.3 is 10.4 Å². The van der Waals surface area contributed by atoms with Crippen molar-refractivity contribution in [3.05, 3.63) is 49.9 Å². The van der Waals surface area contributed by atoms with Crippen LogP contribution in [0.1, 0.15) is 41.1 Å². The van der Waals surface area contributed by atoms with E-state index in [1.54, 1.807) is 29.5 Å². The number of aliphatic hydroxyl groups is 1. The van der Waals surface area contributed by atoms with Crippen LogP contribution in [0.5, 0.6) is 0 Å². The number of hydrogen-bond acceptors (Lipinski definition) is 4. The molecule has 1 fully saturated rings. The van der Waals surface area contributed by atoms with Crippen molar-refractivity contribution in [1.29, 1.82) is 0 Å². The molecule has 1 aliphatic rings. The first-order chi connectivity index (χ1) is 10.1. The van der Waals surface area contributed by atoms with Crippen molar-refractivity contribution in [2.75, 3.05) is 6.54 Å². The third kappa shape index (κ3) is 4.18. The lowest BCUT2D eigenvalue weighted by atomic mass is 10.1. The molecule has 0 amide bonds. The molecule has 6 heteroatoms. The fraction of sp³-hybridized carbons (Fsp3) is 0.400. The number of halogens is 2. The number of nitrogens with one attached hydrogen (secondary N) is 1. The lowest BCUT2D eigenvalue weighted by molar-refractivity contribution is 0.174. The zero-order chi connectivity index (χ0) is 14.8. The maximum absolute atomic E-state index is 10.2. The number of benzene rings is 1. The van der Waals surface area contributed by atoms with Crippen LogP contribution in [0.3, 0.4) is 0 Å². The summed E-state index contributed by atoms with van der Waals surface area (Å²) in [5.74, 6) is 0.697. The SMILES string of the molecule is OC(CNCc1csc(C2CC2)n1)c1cc(Cl)cc(Cl)c1. The average molecular weight is 343 g/mol. The Kier molecular flexibility index (Phi) is 4.82. The number of nitrogens with zero attached hydrogens (tertiary/aromatic N) is 1. The molecule has 0 saturated heterocycles. The second kappa shape index (κ2) is 6.63. The normalized spacial score (nSPS) is 16.1. The van der Waals surface area contributed by atoms with Crippen LogP contribution in [0.25, 0.3) is 0 Å². The summed E-state index contributed by atoms with van der Waals surface area (Å²) in [6, 6.07) is 5.11. The lowest BCUT2D eigenvalue weighted by Crippen LogP contribution is -2.21. The van der Waals surface area contributed by atoms with Crippen LogP contribution >= 0.6 is 34.5 Å². The zero-order valence-electron chi connectivity index (χ0n) is 11.4. The maximum atomic E-state index is 10.2. The smallest absolute Gasteiger partial charge is 0.0959 e. The molecule has 0 radical (unpaired) electrons. The molecule has 3 nitrogen and oxygen atoms in total. The van der Waals surface area contributed by atoms with Crippen molar-refractivity contribution < 1.29 is 5.11 Å². The van der Waals surface area contributed by atoms with Gasteiger partial charge in [0.2, 0.25) is 0 Å². The molecule has 1 aromatic carbocycles. The van der Waals surface area contributed by atoms with Gasteiger partial charge in [-0.05, 0) is 36.6 Å². The van der Waals surface area contributed by atoms with Crippen molar-refractivity contribution in [3.8, 4) is 0 Å². The molecule has 0 aliphatic heterocycles. The Bertz CT molecular complexity index is 608. The highest BCUT2D eigenvalue weighted by molar-refractivity contribution is 7.09. The van der Waals surface area contributed by atoms with Crippen molar-refractivity contribution in [2.45, 2.75) is 31.4 Å². The molecular weight excluding hydrogens is 327 g/mol. The standard InChI is InChI=1S/C15H16Cl2N2OS/c16-11-3-10(4-12(17)5-11)14(20)7-18-6-13-8-21-15(19-13)9-1-2-9/h3-5,8-9,14,18,20H,1-2,6-7H2. The minimum absolute atomic E-state index is 0.437. The van der Waals surface area contributed by atoms with Gasteiger partial charge in [0.15, 0.2) is 0 Å². The fourth-order valence-electron chi connectivity index (χ4n) is 2.14. The van der Waals surface area contributed by atoms with Crippen LogP contribution in [-0.2, 0) is 6.54 Å². The Labute approximate surface area is 137 Å². The quantitative estimate of drug-likeness (QED) is 0.828. The molecule has 0 spiro atoms. The van der Waals surface area contributed by atoms with Gasteiger partial charge in [0.1, 0.15) is 0 Å². The predicted molar refractivity (Wildman–Crippen MR) is 87.2 cm³/mol. The van der Waals surface area contributed by atoms with E-state index in [2.05, 4.69) is 15.7 Å². The predicted octanol–water partition coefficient (Wildman–Crippen LogP) is 4.15. The van der Waals surface area contributed by atoms with E-state index < -0.39 is 6.10 Å². The Hall–Kier alpha value is -0.650. The van der Waals surface area contributed by atoms with E-state index in [0.717, 1.165) is 11.3 Å². The summed E-state index contributed by atoms with van der Waals surface area (Å²) in [5.41, 5.74) is 1.76. The molecule has 1 unspecified atom stereocenters. The van der Waals surface area contributed by atoms with Gasteiger partial charge >= 0.3 is 0 Å². The van der Waals surface area contributed by atoms with Crippen LogP contribution in [-0.4, -0.2) is 16.6 Å². The molecule has 3 rings (SSSR count). The van der Waals surface area contributed by atoms with Gasteiger partial charge in [0, 0.05) is 34.4 Å². The highest BCUT2D eigenvalue weighted by Crippen LogP contribution is 2.41. The lowest BCUT2D eigenvalue weighted by Gasteiger charge is -2.12. The molecule has 1 heterocycles. The monoisotopic (exact) mass is 342 g/mol. The highest BCUT2D eigenvalue weighted by Gasteiger charge is 2.26. The third-order valence-electron chi connectivity index (χ3n) is 3.41. The van der Waals surface area contributed by atoms with Gasteiger partial charge in [0.05, 0.1) is 16.8 Å². The summed E-state index contributed by atoms with van der Waals surface area (Å²) in [6.45, 7) is 1.10. The number of hydrogen-bond donors (Lipinski definition) is 2. The Balaban J connectivity index is 1.51. The van der Waals surface area contributed by atoms with Gasteiger partial charge in [-0.25, -0.2) is 4.98 Å². The molecule has 1 saturated carbocycles. The van der Waals surface area contributed by atoms with E-state index in [1.165, 1.54) is 17.8 Å². The molecule has 2 aromatic rings. The molecule has 1 aliphatic carbocycles. The highest BCUT2D eigenvalue weighted by atomic mass is 35.5. The summed E-state index contributed by atoms with van der Waals surface area (Å²) in [7, 11) is 0. The van der Waals surface area contributed by atoms with E-state index in [0.29, 0.717) is 29.1 Å². The Morgan fingerprint density at radius 2 is 2.00 bits per heavy atom. The summed E-state index contributed by atoms with van der Waals surface area (Å²) in [5, 5.41) is 17.8. The van der Waals surface area contributed by atoms with Crippen LogP contribution in [0, 0.1) is 0 Å². The van der Waals surface area contributed by atoms with E-state index >= 15 is 0 Å². The van der Waals surface area contributed by atoms with E-state index in [4.69, 9.17) is 23.2 Å². The van der Waals surface area contributed by atoms with Gasteiger partial charge in [-0.3, -0.25) is 0 Å². The molecule has 1 aromatic heterocycles. The largest absolute Gasteiger partial charge is 0.387 e. The molecule has 21 heavy (non-hydrogen) atoms. The summed E-state index contributed by atoms with van der Waals surface area (Å²) < 4.78 is 0. The summed E-state index contributed by atoms with van der Waals surface area (Å²) in [6.07, 6.45) is 1.91. The van der Waals surface area contributed by atoms with Gasteiger partial charge in [0.25, 0.3) is 0 Å². The number of rotatable bonds is 6. The molecule has 112 valence electrons. The van der Waals surface area contributed by atoms with Crippen molar-refractivity contribution in [3.63, 3.8) is 0 Å². The van der Waals surface area contributed by atoms with Crippen LogP contribution < -0.4 is 5.32 Å². The van der Waals surface area contributed by atoms with E-state index in [9.17, 15) is 5.11 Å². The van der Waals surface area contributed by atoms with Crippen LogP contribution in [0.15, 0.2) is 23.6 Å². The van der Waals surface area contributed by atoms with Crippen molar-refractivity contribution in [2.24, 2.45) is 0 Å². The maximum Gasteiger partial charge on any atom is 0.0959 e. The van der Waals surface area contributed by atoms with E-state index in [-0.39, 0.29) is 0 Å². The second-order valence-corrected chi connectivity index (χ2v) is 7.06. The molecule has 1 atom stereocenters. The zero-order valence-corrected chi connectivity index (χ0v) is 13.7. The van der Waals surface area contributed by atoms with Crippen LogP contribution in [0.4, 0.5) is 0 Å². The Morgan fingerprint density at radius 3 is 2.67 bits per heavy atom. The fourth-order valence-corrected chi connectivity index (χ4v) is 3.68. The molecule has 2 N–H and O–H groups in total. The molecular formula is C15H16Cl2N2OS. The first-order valence-electron chi connectivity index (χ1n) is 6.91. The topological polar surface area (TPSA) is 45.1 Å². The van der Waals surface area contributed by atoms with Crippen LogP contribution in [0.2, 0.25) is 10.0 Å². The van der Waals surface area contributed by atoms with Crippen molar-refractivity contribution in [1.82, 2.24) is 10.3 Å². The first-order valence-corrected chi connectivity index (χ1v) is 8.54. The summed E-state index contributed by atoms with van der Waals surface area (Å²) >= 11 is 13.6.